The van der Waals surface area contributed by atoms with Crippen LogP contribution in [-0.4, -0.2) is 63.4 Å². The Morgan fingerprint density at radius 2 is 1.97 bits per heavy atom. The van der Waals surface area contributed by atoms with Crippen molar-refractivity contribution >= 4 is 11.8 Å². The number of aromatic amines is 1. The number of likely N-dealkylation sites (tertiary alicyclic amines) is 2. The average Bonchev–Trinajstić information content (AvgIpc) is 3.56. The van der Waals surface area contributed by atoms with E-state index in [1.807, 2.05) is 12.1 Å². The van der Waals surface area contributed by atoms with Crippen LogP contribution in [0.5, 0.6) is 5.75 Å². The van der Waals surface area contributed by atoms with Crippen molar-refractivity contribution in [1.82, 2.24) is 14.8 Å². The molecule has 2 amide bonds. The van der Waals surface area contributed by atoms with Gasteiger partial charge in [-0.3, -0.25) is 14.4 Å². The number of nitrogens with one attached hydrogen (secondary N) is 1. The number of aryl methyl sites for hydroxylation is 1. The fourth-order valence-electron chi connectivity index (χ4n) is 7.62. The Balaban J connectivity index is 1.41. The molecular formula is C30H38N4O4. The van der Waals surface area contributed by atoms with E-state index in [0.717, 1.165) is 54.2 Å². The maximum absolute atomic E-state index is 13.4. The Kier molecular flexibility index (Phi) is 6.13. The number of carbonyl (C=O) groups is 2. The number of H-pyrrole nitrogens is 1. The Hall–Kier alpha value is -3.13. The third-order valence-corrected chi connectivity index (χ3v) is 9.88. The number of carbonyl (C=O) groups excluding carboxylic acids is 2. The van der Waals surface area contributed by atoms with Crippen LogP contribution < -0.4 is 11.3 Å². The van der Waals surface area contributed by atoms with Crippen LogP contribution in [0.25, 0.3) is 0 Å². The molecule has 1 saturated carbocycles. The fourth-order valence-corrected chi connectivity index (χ4v) is 7.62. The van der Waals surface area contributed by atoms with Crippen LogP contribution in [0.3, 0.4) is 0 Å². The molecule has 4 unspecified atom stereocenters. The minimum Gasteiger partial charge on any atom is -0.508 e. The first-order valence-electron chi connectivity index (χ1n) is 14.1. The first-order chi connectivity index (χ1) is 18.2. The van der Waals surface area contributed by atoms with Crippen LogP contribution in [0, 0.1) is 18.8 Å². The van der Waals surface area contributed by atoms with Gasteiger partial charge in [-0.2, -0.15) is 0 Å². The number of phenolic OH excluding ortho intramolecular Hbond substituents is 1. The molecule has 2 aromatic rings. The highest BCUT2D eigenvalue weighted by Crippen LogP contribution is 2.51. The first-order valence-corrected chi connectivity index (χ1v) is 14.1. The number of pyridine rings is 1. The molecule has 1 aromatic heterocycles. The number of hydrogen-bond donors (Lipinski definition) is 3. The maximum atomic E-state index is 13.4. The lowest BCUT2D eigenvalue weighted by Gasteiger charge is -2.55. The van der Waals surface area contributed by atoms with Gasteiger partial charge in [-0.25, -0.2) is 0 Å². The van der Waals surface area contributed by atoms with E-state index in [0.29, 0.717) is 31.8 Å². The number of fused-ring (bicyclic) bond motifs is 2. The number of primary amides is 1. The second-order valence-electron chi connectivity index (χ2n) is 12.1. The topological polar surface area (TPSA) is 120 Å². The van der Waals surface area contributed by atoms with Crippen molar-refractivity contribution in [2.45, 2.75) is 76.3 Å². The molecule has 0 radical (unpaired) electrons. The number of amides is 2. The Labute approximate surface area is 223 Å². The number of aromatic hydroxyl groups is 1. The standard InChI is InChI=1S/C30H38N4O4/c1-17-5-8-21(35)14-23(17)30-9-11-33(16-19-6-7-19)18(2)24(30)13-20-12-22(28(37)32-25(20)15-30)29(38)34-10-3-4-26(34)27(31)36/h5,8,12,14,18-19,24,26,35H,3-4,6-7,9-11,13,15-16H2,1-2H3,(H2,31,36)(H,32,37). The summed E-state index contributed by atoms with van der Waals surface area (Å²) in [6, 6.07) is 7.09. The summed E-state index contributed by atoms with van der Waals surface area (Å²) in [5.74, 6) is 0.387. The monoisotopic (exact) mass is 518 g/mol. The smallest absolute Gasteiger partial charge is 0.261 e. The lowest BCUT2D eigenvalue weighted by Crippen LogP contribution is -2.59. The van der Waals surface area contributed by atoms with Gasteiger partial charge in [-0.1, -0.05) is 6.07 Å². The molecule has 3 fully saturated rings. The Bertz CT molecular complexity index is 1350. The summed E-state index contributed by atoms with van der Waals surface area (Å²) >= 11 is 0. The average molecular weight is 519 g/mol. The molecule has 2 aliphatic heterocycles. The number of hydrogen-bond acceptors (Lipinski definition) is 5. The number of rotatable bonds is 5. The molecule has 6 rings (SSSR count). The molecule has 2 aliphatic carbocycles. The molecule has 8 nitrogen and oxygen atoms in total. The van der Waals surface area contributed by atoms with Crippen molar-refractivity contribution in [2.24, 2.45) is 17.6 Å². The van der Waals surface area contributed by atoms with E-state index in [9.17, 15) is 19.5 Å². The molecule has 4 aliphatic rings. The maximum Gasteiger partial charge on any atom is 0.261 e. The zero-order chi connectivity index (χ0) is 26.8. The van der Waals surface area contributed by atoms with Crippen LogP contribution in [0.1, 0.15) is 71.8 Å². The quantitative estimate of drug-likeness (QED) is 0.562. The lowest BCUT2D eigenvalue weighted by molar-refractivity contribution is -0.121. The predicted octanol–water partition coefficient (Wildman–Crippen LogP) is 2.64. The highest BCUT2D eigenvalue weighted by atomic mass is 16.3. The van der Waals surface area contributed by atoms with Crippen LogP contribution in [0.4, 0.5) is 0 Å². The summed E-state index contributed by atoms with van der Waals surface area (Å²) in [5, 5.41) is 10.5. The number of nitrogens with zero attached hydrogens (tertiary/aromatic N) is 2. The number of phenols is 1. The molecule has 4 N–H and O–H groups in total. The molecular weight excluding hydrogens is 480 g/mol. The van der Waals surface area contributed by atoms with Gasteiger partial charge >= 0.3 is 0 Å². The number of nitrogens with two attached hydrogens (primary N) is 1. The van der Waals surface area contributed by atoms with Crippen LogP contribution in [0.2, 0.25) is 0 Å². The van der Waals surface area contributed by atoms with Gasteiger partial charge in [0.2, 0.25) is 5.91 Å². The molecule has 38 heavy (non-hydrogen) atoms. The zero-order valence-electron chi connectivity index (χ0n) is 22.3. The summed E-state index contributed by atoms with van der Waals surface area (Å²) in [4.78, 5) is 45.8. The van der Waals surface area contributed by atoms with Gasteiger partial charge in [0.1, 0.15) is 17.4 Å². The molecule has 3 heterocycles. The predicted molar refractivity (Wildman–Crippen MR) is 144 cm³/mol. The number of aromatic nitrogens is 1. The van der Waals surface area contributed by atoms with E-state index < -0.39 is 23.4 Å². The Morgan fingerprint density at radius 1 is 1.18 bits per heavy atom. The van der Waals surface area contributed by atoms with Crippen molar-refractivity contribution in [1.29, 1.82) is 0 Å². The van der Waals surface area contributed by atoms with Crippen LogP contribution in [-0.2, 0) is 23.1 Å². The van der Waals surface area contributed by atoms with Gasteiger partial charge in [0.05, 0.1) is 0 Å². The van der Waals surface area contributed by atoms with E-state index in [1.165, 1.54) is 17.7 Å². The van der Waals surface area contributed by atoms with Gasteiger partial charge in [-0.15, -0.1) is 0 Å². The normalized spacial score (nSPS) is 29.1. The molecule has 1 aromatic carbocycles. The van der Waals surface area contributed by atoms with E-state index in [2.05, 4.69) is 23.7 Å². The third-order valence-electron chi connectivity index (χ3n) is 9.88. The summed E-state index contributed by atoms with van der Waals surface area (Å²) in [6.45, 7) is 6.97. The highest BCUT2D eigenvalue weighted by molar-refractivity contribution is 5.97. The van der Waals surface area contributed by atoms with Crippen molar-refractivity contribution in [2.75, 3.05) is 19.6 Å². The second-order valence-corrected chi connectivity index (χ2v) is 12.1. The van der Waals surface area contributed by atoms with Gasteiger partial charge in [0.15, 0.2) is 0 Å². The van der Waals surface area contributed by atoms with Gasteiger partial charge in [-0.05, 0) is 112 Å². The Morgan fingerprint density at radius 3 is 2.71 bits per heavy atom. The highest BCUT2D eigenvalue weighted by Gasteiger charge is 2.52. The minimum absolute atomic E-state index is 0.0937. The fraction of sp³-hybridized carbons (Fsp3) is 0.567. The number of piperidine rings is 1. The van der Waals surface area contributed by atoms with E-state index in [1.54, 1.807) is 12.1 Å². The van der Waals surface area contributed by atoms with Crippen molar-refractivity contribution in [3.63, 3.8) is 0 Å². The van der Waals surface area contributed by atoms with E-state index >= 15 is 0 Å². The van der Waals surface area contributed by atoms with E-state index in [-0.39, 0.29) is 22.6 Å². The van der Waals surface area contributed by atoms with Gasteiger partial charge < -0.3 is 25.6 Å². The molecule has 8 heteroatoms. The third kappa shape index (κ3) is 4.13. The number of benzene rings is 1. The van der Waals surface area contributed by atoms with Crippen molar-refractivity contribution < 1.29 is 14.7 Å². The zero-order valence-corrected chi connectivity index (χ0v) is 22.3. The minimum atomic E-state index is -0.659. The molecule has 0 bridgehead atoms. The second kappa shape index (κ2) is 9.26. The van der Waals surface area contributed by atoms with Gasteiger partial charge in [0, 0.05) is 30.2 Å². The molecule has 202 valence electrons. The largest absolute Gasteiger partial charge is 0.508 e. The first kappa shape index (κ1) is 25.2. The summed E-state index contributed by atoms with van der Waals surface area (Å²) in [6.07, 6.45) is 6.21. The van der Waals surface area contributed by atoms with Crippen molar-refractivity contribution in [3.8, 4) is 5.75 Å². The lowest BCUT2D eigenvalue weighted by atomic mass is 9.55. The molecule has 0 spiro atoms. The van der Waals surface area contributed by atoms with Crippen LogP contribution >= 0.6 is 0 Å². The SMILES string of the molecule is Cc1ccc(O)cc1C12CCN(CC3CC3)C(C)C1Cc1cc(C(=O)N3CCCC3C(N)=O)c(=O)[nH]c1C2. The summed E-state index contributed by atoms with van der Waals surface area (Å²) in [5.41, 5.74) is 9.20. The van der Waals surface area contributed by atoms with Crippen molar-refractivity contribution in [3.05, 3.63) is 62.6 Å². The summed E-state index contributed by atoms with van der Waals surface area (Å²) < 4.78 is 0. The van der Waals surface area contributed by atoms with Gasteiger partial charge in [0.25, 0.3) is 11.5 Å². The molecule has 2 saturated heterocycles. The summed E-state index contributed by atoms with van der Waals surface area (Å²) in [7, 11) is 0. The van der Waals surface area contributed by atoms with Crippen LogP contribution in [0.15, 0.2) is 29.1 Å². The molecule has 4 atom stereocenters. The van der Waals surface area contributed by atoms with E-state index in [4.69, 9.17) is 5.73 Å².